The van der Waals surface area contributed by atoms with Crippen LogP contribution in [0.1, 0.15) is 17.2 Å². The first-order chi connectivity index (χ1) is 9.02. The van der Waals surface area contributed by atoms with Crippen LogP contribution in [0.2, 0.25) is 5.02 Å². The third-order valence-electron chi connectivity index (χ3n) is 2.71. The maximum Gasteiger partial charge on any atom is 0.131 e. The highest BCUT2D eigenvalue weighted by Crippen LogP contribution is 2.31. The molecule has 100 valence electrons. The van der Waals surface area contributed by atoms with Gasteiger partial charge >= 0.3 is 0 Å². The summed E-state index contributed by atoms with van der Waals surface area (Å²) < 4.78 is 27.5. The minimum absolute atomic E-state index is 0.242. The Bertz CT molecular complexity index is 607. The number of rotatable bonds is 3. The van der Waals surface area contributed by atoms with Gasteiger partial charge < -0.3 is 0 Å². The first-order valence-corrected chi connectivity index (χ1v) is 6.56. The Hall–Kier alpha value is -1.01. The normalized spacial score (nSPS) is 12.5. The van der Waals surface area contributed by atoms with Gasteiger partial charge in [0.15, 0.2) is 0 Å². The van der Waals surface area contributed by atoms with Crippen LogP contribution in [0.4, 0.5) is 8.78 Å². The van der Waals surface area contributed by atoms with Crippen molar-refractivity contribution >= 4 is 27.5 Å². The Kier molecular flexibility index (Phi) is 4.52. The zero-order valence-corrected chi connectivity index (χ0v) is 12.0. The Morgan fingerprint density at radius 1 is 1.11 bits per heavy atom. The first kappa shape index (κ1) is 14.4. The van der Waals surface area contributed by atoms with E-state index < -0.39 is 17.7 Å². The predicted octanol–water partition coefficient (Wildman–Crippen LogP) is 3.93. The van der Waals surface area contributed by atoms with Crippen LogP contribution in [0, 0.1) is 11.6 Å². The highest BCUT2D eigenvalue weighted by Gasteiger charge is 2.19. The Labute approximate surface area is 122 Å². The summed E-state index contributed by atoms with van der Waals surface area (Å²) in [7, 11) is 0. The summed E-state index contributed by atoms with van der Waals surface area (Å²) in [5.41, 5.74) is 3.42. The number of hydrazine groups is 1. The van der Waals surface area contributed by atoms with Crippen molar-refractivity contribution in [1.29, 1.82) is 0 Å². The first-order valence-electron chi connectivity index (χ1n) is 5.39. The standard InChI is InChI=1S/C13H10BrClF2N2/c14-11-4-1-7(15)5-10(11)13(19-18)9-3-2-8(16)6-12(9)17/h1-6,13,19H,18H2. The van der Waals surface area contributed by atoms with E-state index in [0.717, 1.165) is 10.5 Å². The summed E-state index contributed by atoms with van der Waals surface area (Å²) in [5.74, 6) is 4.18. The second-order valence-corrected chi connectivity index (χ2v) is 5.22. The molecule has 2 aromatic rings. The molecule has 0 spiro atoms. The van der Waals surface area contributed by atoms with Gasteiger partial charge in [-0.2, -0.15) is 0 Å². The lowest BCUT2D eigenvalue weighted by atomic mass is 9.99. The molecule has 0 heterocycles. The van der Waals surface area contributed by atoms with Crippen molar-refractivity contribution in [2.24, 2.45) is 5.84 Å². The van der Waals surface area contributed by atoms with Gasteiger partial charge in [-0.1, -0.05) is 33.6 Å². The summed E-state index contributed by atoms with van der Waals surface area (Å²) in [5, 5.41) is 0.501. The van der Waals surface area contributed by atoms with Gasteiger partial charge in [-0.25, -0.2) is 14.2 Å². The zero-order chi connectivity index (χ0) is 14.0. The molecule has 0 fully saturated rings. The second-order valence-electron chi connectivity index (χ2n) is 3.93. The summed E-state index contributed by atoms with van der Waals surface area (Å²) in [6.07, 6.45) is 0. The van der Waals surface area contributed by atoms with Crippen LogP contribution >= 0.6 is 27.5 Å². The molecule has 2 rings (SSSR count). The molecule has 19 heavy (non-hydrogen) atoms. The molecule has 0 aliphatic heterocycles. The summed E-state index contributed by atoms with van der Waals surface area (Å²) in [6, 6.07) is 7.82. The lowest BCUT2D eigenvalue weighted by molar-refractivity contribution is 0.541. The number of halogens is 4. The average molecular weight is 348 g/mol. The summed E-state index contributed by atoms with van der Waals surface area (Å²) >= 11 is 9.28. The number of nitrogens with two attached hydrogens (primary N) is 1. The molecule has 0 bridgehead atoms. The fourth-order valence-electron chi connectivity index (χ4n) is 1.82. The van der Waals surface area contributed by atoms with E-state index in [2.05, 4.69) is 21.4 Å². The Balaban J connectivity index is 2.52. The van der Waals surface area contributed by atoms with Gasteiger partial charge in [0.1, 0.15) is 11.6 Å². The van der Waals surface area contributed by atoms with Crippen LogP contribution in [-0.4, -0.2) is 0 Å². The molecule has 0 aromatic heterocycles. The van der Waals surface area contributed by atoms with Crippen LogP contribution in [-0.2, 0) is 0 Å². The molecule has 0 radical (unpaired) electrons. The van der Waals surface area contributed by atoms with Gasteiger partial charge in [0.2, 0.25) is 0 Å². The van der Waals surface area contributed by atoms with Gasteiger partial charge in [0, 0.05) is 21.1 Å². The van der Waals surface area contributed by atoms with E-state index in [1.165, 1.54) is 12.1 Å². The lowest BCUT2D eigenvalue weighted by Gasteiger charge is -2.19. The van der Waals surface area contributed by atoms with Crippen LogP contribution in [0.15, 0.2) is 40.9 Å². The molecule has 6 heteroatoms. The largest absolute Gasteiger partial charge is 0.271 e. The molecule has 3 N–H and O–H groups in total. The molecule has 0 aliphatic carbocycles. The van der Waals surface area contributed by atoms with Gasteiger partial charge in [-0.05, 0) is 29.8 Å². The molecule has 0 saturated carbocycles. The number of nitrogens with one attached hydrogen (secondary N) is 1. The molecular formula is C13H10BrClF2N2. The Morgan fingerprint density at radius 3 is 2.47 bits per heavy atom. The summed E-state index contributed by atoms with van der Waals surface area (Å²) in [4.78, 5) is 0. The second kappa shape index (κ2) is 5.96. The highest BCUT2D eigenvalue weighted by molar-refractivity contribution is 9.10. The quantitative estimate of drug-likeness (QED) is 0.652. The van der Waals surface area contributed by atoms with Crippen molar-refractivity contribution in [2.45, 2.75) is 6.04 Å². The summed E-state index contributed by atoms with van der Waals surface area (Å²) in [6.45, 7) is 0. The van der Waals surface area contributed by atoms with Gasteiger partial charge in [0.25, 0.3) is 0 Å². The molecule has 0 saturated heterocycles. The average Bonchev–Trinajstić information content (AvgIpc) is 2.36. The van der Waals surface area contributed by atoms with Crippen molar-refractivity contribution in [3.63, 3.8) is 0 Å². The lowest BCUT2D eigenvalue weighted by Crippen LogP contribution is -2.29. The molecule has 0 amide bonds. The monoisotopic (exact) mass is 346 g/mol. The number of hydrogen-bond donors (Lipinski definition) is 2. The van der Waals surface area contributed by atoms with Crippen molar-refractivity contribution in [2.75, 3.05) is 0 Å². The third-order valence-corrected chi connectivity index (χ3v) is 3.67. The topological polar surface area (TPSA) is 38.0 Å². The van der Waals surface area contributed by atoms with Gasteiger partial charge in [-0.3, -0.25) is 5.84 Å². The fourth-order valence-corrected chi connectivity index (χ4v) is 2.47. The van der Waals surface area contributed by atoms with Gasteiger partial charge in [-0.15, -0.1) is 0 Å². The zero-order valence-electron chi connectivity index (χ0n) is 9.63. The minimum Gasteiger partial charge on any atom is -0.271 e. The predicted molar refractivity (Wildman–Crippen MR) is 74.7 cm³/mol. The van der Waals surface area contributed by atoms with Crippen LogP contribution < -0.4 is 11.3 Å². The molecule has 0 aliphatic rings. The van der Waals surface area contributed by atoms with Crippen LogP contribution in [0.3, 0.4) is 0 Å². The number of benzene rings is 2. The highest BCUT2D eigenvalue weighted by atomic mass is 79.9. The smallest absolute Gasteiger partial charge is 0.131 e. The van der Waals surface area contributed by atoms with E-state index >= 15 is 0 Å². The molecule has 2 nitrogen and oxygen atoms in total. The minimum atomic E-state index is -0.671. The number of hydrogen-bond acceptors (Lipinski definition) is 2. The van der Waals surface area contributed by atoms with Gasteiger partial charge in [0.05, 0.1) is 6.04 Å². The van der Waals surface area contributed by atoms with Crippen molar-refractivity contribution in [3.8, 4) is 0 Å². The van der Waals surface area contributed by atoms with E-state index in [1.807, 2.05) is 0 Å². The van der Waals surface area contributed by atoms with E-state index in [0.29, 0.717) is 10.6 Å². The SMILES string of the molecule is NNC(c1ccc(F)cc1F)c1cc(Cl)ccc1Br. The third kappa shape index (κ3) is 3.12. The fraction of sp³-hybridized carbons (Fsp3) is 0.0769. The van der Waals surface area contributed by atoms with Crippen molar-refractivity contribution in [3.05, 3.63) is 68.7 Å². The molecule has 1 unspecified atom stereocenters. The van der Waals surface area contributed by atoms with Crippen molar-refractivity contribution in [1.82, 2.24) is 5.43 Å². The molecular weight excluding hydrogens is 338 g/mol. The Morgan fingerprint density at radius 2 is 1.84 bits per heavy atom. The molecule has 2 aromatic carbocycles. The van der Waals surface area contributed by atoms with Crippen molar-refractivity contribution < 1.29 is 8.78 Å². The van der Waals surface area contributed by atoms with E-state index in [9.17, 15) is 8.78 Å². The van der Waals surface area contributed by atoms with Crippen LogP contribution in [0.25, 0.3) is 0 Å². The maximum atomic E-state index is 13.8. The molecule has 1 atom stereocenters. The van der Waals surface area contributed by atoms with E-state index in [-0.39, 0.29) is 5.56 Å². The maximum absolute atomic E-state index is 13.8. The van der Waals surface area contributed by atoms with E-state index in [4.69, 9.17) is 17.4 Å². The van der Waals surface area contributed by atoms with Crippen LogP contribution in [0.5, 0.6) is 0 Å². The van der Waals surface area contributed by atoms with E-state index in [1.54, 1.807) is 18.2 Å².